The fourth-order valence-corrected chi connectivity index (χ4v) is 2.72. The topological polar surface area (TPSA) is 73.9 Å². The van der Waals surface area contributed by atoms with E-state index in [0.717, 1.165) is 16.8 Å². The van der Waals surface area contributed by atoms with Gasteiger partial charge in [0, 0.05) is 23.3 Å². The van der Waals surface area contributed by atoms with Crippen LogP contribution in [0.25, 0.3) is 22.8 Å². The Labute approximate surface area is 141 Å². The van der Waals surface area contributed by atoms with Crippen LogP contribution in [0.2, 0.25) is 0 Å². The van der Waals surface area contributed by atoms with E-state index in [2.05, 4.69) is 20.1 Å². The van der Waals surface area contributed by atoms with Gasteiger partial charge in [0.2, 0.25) is 5.82 Å². The number of hydrogen-bond donors (Lipinski definition) is 0. The van der Waals surface area contributed by atoms with E-state index in [0.29, 0.717) is 24.1 Å². The first-order valence-electron chi connectivity index (χ1n) is 7.23. The number of aromatic nitrogens is 4. The minimum atomic E-state index is 0.395. The highest BCUT2D eigenvalue weighted by Gasteiger charge is 2.15. The molecule has 0 N–H and O–H groups in total. The van der Waals surface area contributed by atoms with Gasteiger partial charge < -0.3 is 9.26 Å². The van der Waals surface area contributed by atoms with E-state index in [9.17, 15) is 0 Å². The summed E-state index contributed by atoms with van der Waals surface area (Å²) in [5.74, 6) is 1.60. The van der Waals surface area contributed by atoms with Crippen molar-refractivity contribution in [1.82, 2.24) is 20.1 Å². The normalized spacial score (nSPS) is 10.7. The molecule has 4 rings (SSSR count). The Balaban J connectivity index is 1.61. The first-order chi connectivity index (χ1) is 11.9. The van der Waals surface area contributed by atoms with Crippen LogP contribution in [0.3, 0.4) is 0 Å². The molecule has 0 aliphatic heterocycles. The summed E-state index contributed by atoms with van der Waals surface area (Å²) < 4.78 is 11.3. The number of thiazole rings is 1. The Morgan fingerprint density at radius 2 is 1.96 bits per heavy atom. The largest absolute Gasteiger partial charge is 0.486 e. The van der Waals surface area contributed by atoms with Crippen molar-refractivity contribution < 1.29 is 9.26 Å². The van der Waals surface area contributed by atoms with Crippen LogP contribution in [0.15, 0.2) is 64.2 Å². The lowest BCUT2D eigenvalue weighted by atomic mass is 10.2. The second kappa shape index (κ2) is 6.59. The Kier molecular flexibility index (Phi) is 3.99. The van der Waals surface area contributed by atoms with E-state index in [1.165, 1.54) is 11.3 Å². The Hall–Kier alpha value is -3.06. The molecule has 0 radical (unpaired) electrons. The molecule has 3 aromatic heterocycles. The zero-order chi connectivity index (χ0) is 16.2. The van der Waals surface area contributed by atoms with Gasteiger partial charge in [0.05, 0.1) is 16.8 Å². The molecule has 6 nitrogen and oxygen atoms in total. The van der Waals surface area contributed by atoms with E-state index in [4.69, 9.17) is 9.26 Å². The summed E-state index contributed by atoms with van der Waals surface area (Å²) in [5.41, 5.74) is 4.27. The zero-order valence-corrected chi connectivity index (χ0v) is 13.3. The van der Waals surface area contributed by atoms with Gasteiger partial charge in [-0.3, -0.25) is 4.98 Å². The molecule has 0 amide bonds. The second-order valence-electron chi connectivity index (χ2n) is 4.92. The van der Waals surface area contributed by atoms with Crippen LogP contribution in [-0.2, 0) is 6.61 Å². The van der Waals surface area contributed by atoms with Crippen molar-refractivity contribution in [2.75, 3.05) is 0 Å². The van der Waals surface area contributed by atoms with Gasteiger partial charge in [-0.05, 0) is 24.3 Å². The first kappa shape index (κ1) is 14.5. The highest BCUT2D eigenvalue weighted by molar-refractivity contribution is 7.07. The minimum Gasteiger partial charge on any atom is -0.486 e. The molecule has 0 saturated carbocycles. The van der Waals surface area contributed by atoms with E-state index in [1.54, 1.807) is 17.9 Å². The minimum absolute atomic E-state index is 0.395. The van der Waals surface area contributed by atoms with E-state index in [-0.39, 0.29) is 0 Å². The Morgan fingerprint density at radius 3 is 2.79 bits per heavy atom. The lowest BCUT2D eigenvalue weighted by Gasteiger charge is -2.07. The number of pyridine rings is 1. The Morgan fingerprint density at radius 1 is 1.08 bits per heavy atom. The first-order valence-corrected chi connectivity index (χ1v) is 8.18. The second-order valence-corrected chi connectivity index (χ2v) is 5.64. The molecule has 0 fully saturated rings. The fraction of sp³-hybridized carbons (Fsp3) is 0.0588. The van der Waals surface area contributed by atoms with E-state index >= 15 is 0 Å². The molecule has 0 unspecified atom stereocenters. The van der Waals surface area contributed by atoms with Crippen LogP contribution in [0.1, 0.15) is 5.69 Å². The maximum Gasteiger partial charge on any atom is 0.262 e. The summed E-state index contributed by atoms with van der Waals surface area (Å²) in [7, 11) is 0. The molecule has 0 bridgehead atoms. The Bertz CT molecular complexity index is 923. The average molecular weight is 336 g/mol. The molecular formula is C17H12N4O2S. The summed E-state index contributed by atoms with van der Waals surface area (Å²) in [5, 5.41) is 5.99. The van der Waals surface area contributed by atoms with Crippen LogP contribution in [0, 0.1) is 0 Å². The van der Waals surface area contributed by atoms with Crippen molar-refractivity contribution >= 4 is 11.3 Å². The van der Waals surface area contributed by atoms with Gasteiger partial charge in [-0.2, -0.15) is 4.98 Å². The van der Waals surface area contributed by atoms with Gasteiger partial charge in [0.1, 0.15) is 12.4 Å². The highest BCUT2D eigenvalue weighted by atomic mass is 32.1. The number of rotatable bonds is 5. The van der Waals surface area contributed by atoms with Crippen LogP contribution >= 0.6 is 11.3 Å². The molecular weight excluding hydrogens is 324 g/mol. The summed E-state index contributed by atoms with van der Waals surface area (Å²) >= 11 is 1.54. The molecule has 0 saturated heterocycles. The number of hydrogen-bond acceptors (Lipinski definition) is 7. The molecule has 0 spiro atoms. The molecule has 3 heterocycles. The van der Waals surface area contributed by atoms with Gasteiger partial charge in [-0.15, -0.1) is 11.3 Å². The maximum absolute atomic E-state index is 5.86. The van der Waals surface area contributed by atoms with Gasteiger partial charge in [-0.25, -0.2) is 4.98 Å². The summed E-state index contributed by atoms with van der Waals surface area (Å²) in [4.78, 5) is 12.7. The average Bonchev–Trinajstić information content (AvgIpc) is 3.33. The zero-order valence-electron chi connectivity index (χ0n) is 12.5. The molecule has 0 aliphatic carbocycles. The summed E-state index contributed by atoms with van der Waals surface area (Å²) in [6.45, 7) is 0.395. The van der Waals surface area contributed by atoms with E-state index in [1.807, 2.05) is 41.8 Å². The maximum atomic E-state index is 5.86. The van der Waals surface area contributed by atoms with Crippen LogP contribution < -0.4 is 4.74 Å². The third-order valence-electron chi connectivity index (χ3n) is 3.34. The number of nitrogens with zero attached hydrogens (tertiary/aromatic N) is 4. The SMILES string of the molecule is c1ccc(-c2nc(-c3ccncc3)no2)c(OCc2cscn2)c1. The highest BCUT2D eigenvalue weighted by Crippen LogP contribution is 2.30. The van der Waals surface area contributed by atoms with Gasteiger partial charge in [0.25, 0.3) is 5.89 Å². The molecule has 118 valence electrons. The summed E-state index contributed by atoms with van der Waals surface area (Å²) in [6.07, 6.45) is 3.38. The van der Waals surface area contributed by atoms with Gasteiger partial charge in [0.15, 0.2) is 0 Å². The molecule has 0 aliphatic rings. The molecule has 24 heavy (non-hydrogen) atoms. The van der Waals surface area contributed by atoms with Crippen LogP contribution in [0.4, 0.5) is 0 Å². The standard InChI is InChI=1S/C17H12N4O2S/c1-2-4-15(22-9-13-10-24-11-19-13)14(3-1)17-20-16(21-23-17)12-5-7-18-8-6-12/h1-8,10-11H,9H2. The third kappa shape index (κ3) is 3.02. The number of para-hydroxylation sites is 1. The monoisotopic (exact) mass is 336 g/mol. The van der Waals surface area contributed by atoms with Crippen molar-refractivity contribution in [3.8, 4) is 28.6 Å². The lowest BCUT2D eigenvalue weighted by molar-refractivity contribution is 0.302. The quantitative estimate of drug-likeness (QED) is 0.551. The van der Waals surface area contributed by atoms with Crippen molar-refractivity contribution in [3.63, 3.8) is 0 Å². The summed E-state index contributed by atoms with van der Waals surface area (Å²) in [6, 6.07) is 11.2. The van der Waals surface area contributed by atoms with Crippen molar-refractivity contribution in [2.45, 2.75) is 6.61 Å². The molecule has 0 atom stereocenters. The van der Waals surface area contributed by atoms with Gasteiger partial charge >= 0.3 is 0 Å². The predicted molar refractivity (Wildman–Crippen MR) is 89.4 cm³/mol. The third-order valence-corrected chi connectivity index (χ3v) is 3.98. The van der Waals surface area contributed by atoms with E-state index < -0.39 is 0 Å². The number of ether oxygens (including phenoxy) is 1. The molecule has 1 aromatic carbocycles. The predicted octanol–water partition coefficient (Wildman–Crippen LogP) is 3.83. The number of benzene rings is 1. The van der Waals surface area contributed by atoms with Crippen LogP contribution in [-0.4, -0.2) is 20.1 Å². The van der Waals surface area contributed by atoms with Crippen molar-refractivity contribution in [1.29, 1.82) is 0 Å². The van der Waals surface area contributed by atoms with Crippen molar-refractivity contribution in [3.05, 3.63) is 65.4 Å². The molecule has 4 aromatic rings. The molecule has 7 heteroatoms. The van der Waals surface area contributed by atoms with Gasteiger partial charge in [-0.1, -0.05) is 17.3 Å². The van der Waals surface area contributed by atoms with Crippen LogP contribution in [0.5, 0.6) is 5.75 Å². The van der Waals surface area contributed by atoms with Crippen molar-refractivity contribution in [2.24, 2.45) is 0 Å². The fourth-order valence-electron chi connectivity index (χ4n) is 2.18. The smallest absolute Gasteiger partial charge is 0.262 e. The lowest BCUT2D eigenvalue weighted by Crippen LogP contribution is -1.97.